The minimum absolute atomic E-state index is 0.0714. The van der Waals surface area contributed by atoms with Gasteiger partial charge in [0.15, 0.2) is 5.82 Å². The number of carbonyl (C=O) groups is 1. The third-order valence-electron chi connectivity index (χ3n) is 5.47. The maximum atomic E-state index is 12.4. The highest BCUT2D eigenvalue weighted by atomic mass is 16.2. The van der Waals surface area contributed by atoms with Crippen molar-refractivity contribution in [1.29, 1.82) is 0 Å². The van der Waals surface area contributed by atoms with Crippen LogP contribution in [0.4, 0.5) is 0 Å². The molecule has 0 aliphatic carbocycles. The highest BCUT2D eigenvalue weighted by molar-refractivity contribution is 5.77. The van der Waals surface area contributed by atoms with Gasteiger partial charge in [-0.2, -0.15) is 5.10 Å². The fourth-order valence-electron chi connectivity index (χ4n) is 3.71. The quantitative estimate of drug-likeness (QED) is 0.912. The van der Waals surface area contributed by atoms with Crippen LogP contribution >= 0.6 is 0 Å². The first-order valence-electron chi connectivity index (χ1n) is 9.63. The summed E-state index contributed by atoms with van der Waals surface area (Å²) in [5, 5.41) is 7.85. The molecule has 6 heteroatoms. The van der Waals surface area contributed by atoms with Crippen molar-refractivity contribution < 1.29 is 4.79 Å². The summed E-state index contributed by atoms with van der Waals surface area (Å²) in [6.07, 6.45) is 3.99. The van der Waals surface area contributed by atoms with E-state index in [1.807, 2.05) is 4.68 Å². The van der Waals surface area contributed by atoms with Crippen molar-refractivity contribution in [1.82, 2.24) is 25.0 Å². The molecule has 3 rings (SSSR count). The van der Waals surface area contributed by atoms with Crippen LogP contribution < -0.4 is 5.32 Å². The molecule has 1 N–H and O–H groups in total. The largest absolute Gasteiger partial charge is 0.349 e. The Morgan fingerprint density at radius 2 is 1.92 bits per heavy atom. The standard InChI is InChI=1S/C19H33N5O/c1-14(2)17-20-15-12-19(21-16(25)13-24(15)22-17)7-10-23(11-8-19)9-6-18(3,4)5/h14H,6-13H2,1-5H3,(H,21,25). The lowest BCUT2D eigenvalue weighted by Crippen LogP contribution is -2.56. The Morgan fingerprint density at radius 3 is 2.52 bits per heavy atom. The van der Waals surface area contributed by atoms with Gasteiger partial charge in [0.1, 0.15) is 12.4 Å². The molecule has 0 bridgehead atoms. The summed E-state index contributed by atoms with van der Waals surface area (Å²) in [6, 6.07) is 0. The molecule has 1 aromatic heterocycles. The monoisotopic (exact) mass is 347 g/mol. The van der Waals surface area contributed by atoms with Crippen LogP contribution in [0.3, 0.4) is 0 Å². The number of hydrogen-bond acceptors (Lipinski definition) is 4. The molecule has 0 radical (unpaired) electrons. The van der Waals surface area contributed by atoms with Crippen LogP contribution in [-0.4, -0.2) is 50.7 Å². The van der Waals surface area contributed by atoms with Gasteiger partial charge in [-0.15, -0.1) is 0 Å². The summed E-state index contributed by atoms with van der Waals surface area (Å²) >= 11 is 0. The molecular formula is C19H33N5O. The molecule has 0 unspecified atom stereocenters. The fourth-order valence-corrected chi connectivity index (χ4v) is 3.71. The molecule has 0 saturated carbocycles. The lowest BCUT2D eigenvalue weighted by atomic mass is 9.83. The molecule has 140 valence electrons. The lowest BCUT2D eigenvalue weighted by molar-refractivity contribution is -0.123. The molecule has 1 amide bonds. The Labute approximate surface area is 151 Å². The molecule has 0 atom stereocenters. The number of rotatable bonds is 3. The summed E-state index contributed by atoms with van der Waals surface area (Å²) in [4.78, 5) is 19.7. The van der Waals surface area contributed by atoms with Crippen molar-refractivity contribution in [3.8, 4) is 0 Å². The average molecular weight is 348 g/mol. The van der Waals surface area contributed by atoms with Gasteiger partial charge in [0.2, 0.25) is 5.91 Å². The lowest BCUT2D eigenvalue weighted by Gasteiger charge is -2.42. The van der Waals surface area contributed by atoms with Crippen molar-refractivity contribution in [3.63, 3.8) is 0 Å². The van der Waals surface area contributed by atoms with E-state index >= 15 is 0 Å². The van der Waals surface area contributed by atoms with Crippen LogP contribution in [0, 0.1) is 5.41 Å². The highest BCUT2D eigenvalue weighted by Gasteiger charge is 2.40. The van der Waals surface area contributed by atoms with E-state index in [4.69, 9.17) is 4.98 Å². The van der Waals surface area contributed by atoms with Crippen LogP contribution in [-0.2, 0) is 17.8 Å². The van der Waals surface area contributed by atoms with E-state index < -0.39 is 0 Å². The minimum atomic E-state index is -0.148. The number of piperidine rings is 1. The Morgan fingerprint density at radius 1 is 1.24 bits per heavy atom. The first-order valence-corrected chi connectivity index (χ1v) is 9.63. The minimum Gasteiger partial charge on any atom is -0.349 e. The van der Waals surface area contributed by atoms with Gasteiger partial charge in [-0.3, -0.25) is 4.79 Å². The first kappa shape index (κ1) is 18.4. The fraction of sp³-hybridized carbons (Fsp3) is 0.842. The van der Waals surface area contributed by atoms with E-state index in [1.165, 1.54) is 6.42 Å². The van der Waals surface area contributed by atoms with Crippen LogP contribution in [0.5, 0.6) is 0 Å². The van der Waals surface area contributed by atoms with E-state index in [0.29, 0.717) is 12.0 Å². The van der Waals surface area contributed by atoms with Crippen LogP contribution in [0.1, 0.15) is 71.4 Å². The molecule has 25 heavy (non-hydrogen) atoms. The predicted octanol–water partition coefficient (Wildman–Crippen LogP) is 2.34. The Hall–Kier alpha value is -1.43. The SMILES string of the molecule is CC(C)c1nc2n(n1)CC(=O)NC1(CCN(CCC(C)(C)C)CC1)C2. The first-order chi connectivity index (χ1) is 11.7. The van der Waals surface area contributed by atoms with E-state index in [2.05, 4.69) is 49.9 Å². The molecule has 2 aliphatic rings. The van der Waals surface area contributed by atoms with Crippen molar-refractivity contribution in [2.75, 3.05) is 19.6 Å². The van der Waals surface area contributed by atoms with Crippen LogP contribution in [0.2, 0.25) is 0 Å². The predicted molar refractivity (Wildman–Crippen MR) is 98.4 cm³/mol. The molecule has 0 aromatic carbocycles. The molecule has 1 saturated heterocycles. The van der Waals surface area contributed by atoms with Gasteiger partial charge in [-0.05, 0) is 31.2 Å². The smallest absolute Gasteiger partial charge is 0.242 e. The average Bonchev–Trinajstić information content (AvgIpc) is 2.83. The zero-order valence-corrected chi connectivity index (χ0v) is 16.4. The second kappa shape index (κ2) is 6.71. The number of aromatic nitrogens is 3. The Bertz CT molecular complexity index is 620. The number of nitrogens with one attached hydrogen (secondary N) is 1. The van der Waals surface area contributed by atoms with E-state index in [0.717, 1.165) is 50.5 Å². The molecule has 2 aliphatic heterocycles. The molecule has 1 spiro atoms. The van der Waals surface area contributed by atoms with Gasteiger partial charge in [0, 0.05) is 31.0 Å². The van der Waals surface area contributed by atoms with Crippen LogP contribution in [0.25, 0.3) is 0 Å². The maximum absolute atomic E-state index is 12.4. The molecular weight excluding hydrogens is 314 g/mol. The van der Waals surface area contributed by atoms with Crippen LogP contribution in [0.15, 0.2) is 0 Å². The second-order valence-corrected chi connectivity index (χ2v) is 9.36. The van der Waals surface area contributed by atoms with Crippen molar-refractivity contribution in [3.05, 3.63) is 11.6 Å². The van der Waals surface area contributed by atoms with Gasteiger partial charge < -0.3 is 10.2 Å². The van der Waals surface area contributed by atoms with E-state index in [1.54, 1.807) is 0 Å². The van der Waals surface area contributed by atoms with E-state index in [9.17, 15) is 4.79 Å². The van der Waals surface area contributed by atoms with Gasteiger partial charge in [-0.25, -0.2) is 9.67 Å². The number of fused-ring (bicyclic) bond motifs is 1. The number of nitrogens with zero attached hydrogens (tertiary/aromatic N) is 4. The number of amides is 1. The third-order valence-corrected chi connectivity index (χ3v) is 5.47. The van der Waals surface area contributed by atoms with Gasteiger partial charge >= 0.3 is 0 Å². The summed E-state index contributed by atoms with van der Waals surface area (Å²) in [7, 11) is 0. The third kappa shape index (κ3) is 4.40. The van der Waals surface area contributed by atoms with Gasteiger partial charge in [0.25, 0.3) is 0 Å². The van der Waals surface area contributed by atoms with Crippen molar-refractivity contribution in [2.24, 2.45) is 5.41 Å². The second-order valence-electron chi connectivity index (χ2n) is 9.36. The highest BCUT2D eigenvalue weighted by Crippen LogP contribution is 2.29. The molecule has 1 aromatic rings. The van der Waals surface area contributed by atoms with Crippen molar-refractivity contribution in [2.45, 2.75) is 78.3 Å². The zero-order chi connectivity index (χ0) is 18.2. The normalized spacial score (nSPS) is 21.3. The van der Waals surface area contributed by atoms with Gasteiger partial charge in [-0.1, -0.05) is 34.6 Å². The molecule has 3 heterocycles. The molecule has 1 fully saturated rings. The maximum Gasteiger partial charge on any atom is 0.242 e. The number of carbonyl (C=O) groups excluding carboxylic acids is 1. The number of likely N-dealkylation sites (tertiary alicyclic amines) is 1. The summed E-state index contributed by atoms with van der Waals surface area (Å²) in [5.41, 5.74) is 0.222. The molecule has 6 nitrogen and oxygen atoms in total. The van der Waals surface area contributed by atoms with E-state index in [-0.39, 0.29) is 17.4 Å². The summed E-state index contributed by atoms with van der Waals surface area (Å²) < 4.78 is 1.81. The zero-order valence-electron chi connectivity index (χ0n) is 16.4. The number of hydrogen-bond donors (Lipinski definition) is 1. The topological polar surface area (TPSA) is 63.1 Å². The van der Waals surface area contributed by atoms with Gasteiger partial charge in [0.05, 0.1) is 0 Å². The Kier molecular flexibility index (Phi) is 4.93. The summed E-state index contributed by atoms with van der Waals surface area (Å²) in [6.45, 7) is 14.6. The van der Waals surface area contributed by atoms with Crippen molar-refractivity contribution >= 4 is 5.91 Å². The summed E-state index contributed by atoms with van der Waals surface area (Å²) in [5.74, 6) is 2.17. The Balaban J connectivity index is 1.69.